The maximum atomic E-state index is 13.6. The van der Waals surface area contributed by atoms with Gasteiger partial charge in [0.15, 0.2) is 0 Å². The number of hydrogen-bond acceptors (Lipinski definition) is 6. The summed E-state index contributed by atoms with van der Waals surface area (Å²) in [5.41, 5.74) is 0. The van der Waals surface area contributed by atoms with Crippen molar-refractivity contribution in [1.29, 1.82) is 0 Å². The van der Waals surface area contributed by atoms with Crippen molar-refractivity contribution in [3.8, 4) is 0 Å². The highest BCUT2D eigenvalue weighted by molar-refractivity contribution is 9.09. The zero-order valence-electron chi connectivity index (χ0n) is 15.1. The number of rotatable bonds is 7. The van der Waals surface area contributed by atoms with Crippen molar-refractivity contribution in [2.75, 3.05) is 67.6 Å². The quantitative estimate of drug-likeness (QED) is 0.381. The summed E-state index contributed by atoms with van der Waals surface area (Å²) in [6, 6.07) is 0. The van der Waals surface area contributed by atoms with Gasteiger partial charge in [0.1, 0.15) is 10.0 Å². The zero-order valence-corrected chi connectivity index (χ0v) is 19.2. The van der Waals surface area contributed by atoms with Crippen LogP contribution in [-0.4, -0.2) is 104 Å². The minimum Gasteiger partial charge on any atom is -0.382 e. The Morgan fingerprint density at radius 3 is 2.24 bits per heavy atom. The van der Waals surface area contributed by atoms with Crippen molar-refractivity contribution >= 4 is 39.5 Å². The van der Waals surface area contributed by atoms with Gasteiger partial charge in [-0.15, -0.1) is 0 Å². The van der Waals surface area contributed by atoms with Gasteiger partial charge in [-0.1, -0.05) is 31.9 Å². The van der Waals surface area contributed by atoms with Crippen molar-refractivity contribution in [2.45, 2.75) is 22.2 Å². The van der Waals surface area contributed by atoms with Gasteiger partial charge < -0.3 is 23.6 Å². The van der Waals surface area contributed by atoms with E-state index in [9.17, 15) is 4.57 Å². The second-order valence-electron chi connectivity index (χ2n) is 6.52. The molecule has 2 rings (SSSR count). The summed E-state index contributed by atoms with van der Waals surface area (Å²) in [7, 11) is 4.01. The van der Waals surface area contributed by atoms with Gasteiger partial charge in [0.25, 0.3) is 0 Å². The van der Waals surface area contributed by atoms with E-state index in [1.165, 1.54) is 0 Å². The first-order chi connectivity index (χ1) is 11.7. The standard InChI is InChI=1S/C14H28Br2N3O5P/c1-17(2)25(20,19-6-12(9-21-4)24-14(16)8-19)22-10-11-5-18(3)7-13(15)23-11/h11-14H,5-10H2,1-4H3. The first-order valence-corrected chi connectivity index (χ1v) is 11.5. The molecule has 5 unspecified atom stereocenters. The average Bonchev–Trinajstić information content (AvgIpc) is 2.51. The summed E-state index contributed by atoms with van der Waals surface area (Å²) < 4.78 is 39.8. The Balaban J connectivity index is 2.03. The van der Waals surface area contributed by atoms with Gasteiger partial charge in [0.2, 0.25) is 0 Å². The van der Waals surface area contributed by atoms with Crippen LogP contribution in [-0.2, 0) is 23.3 Å². The molecule has 148 valence electrons. The largest absolute Gasteiger partial charge is 0.382 e. The Morgan fingerprint density at radius 2 is 1.68 bits per heavy atom. The lowest BCUT2D eigenvalue weighted by Gasteiger charge is -2.42. The van der Waals surface area contributed by atoms with Crippen LogP contribution < -0.4 is 0 Å². The minimum atomic E-state index is -3.18. The maximum Gasteiger partial charge on any atom is 0.345 e. The van der Waals surface area contributed by atoms with E-state index >= 15 is 0 Å². The van der Waals surface area contributed by atoms with E-state index in [0.29, 0.717) is 19.7 Å². The van der Waals surface area contributed by atoms with Crippen LogP contribution in [0.2, 0.25) is 0 Å². The average molecular weight is 509 g/mol. The van der Waals surface area contributed by atoms with Crippen molar-refractivity contribution in [2.24, 2.45) is 0 Å². The number of morpholine rings is 2. The molecule has 0 aliphatic carbocycles. The summed E-state index contributed by atoms with van der Waals surface area (Å²) >= 11 is 6.95. The monoisotopic (exact) mass is 507 g/mol. The fraction of sp³-hybridized carbons (Fsp3) is 1.00. The van der Waals surface area contributed by atoms with E-state index in [4.69, 9.17) is 18.7 Å². The topological polar surface area (TPSA) is 63.7 Å². The van der Waals surface area contributed by atoms with Crippen LogP contribution in [0.25, 0.3) is 0 Å². The summed E-state index contributed by atoms with van der Waals surface area (Å²) in [6.45, 7) is 3.22. The SMILES string of the molecule is COCC1CN(P(=O)(OCC2CN(C)CC(Br)O2)N(C)C)CC(Br)O1. The lowest BCUT2D eigenvalue weighted by molar-refractivity contribution is -0.0669. The number of methoxy groups -OCH3 is 1. The molecule has 8 nitrogen and oxygen atoms in total. The van der Waals surface area contributed by atoms with Crippen LogP contribution in [0.1, 0.15) is 0 Å². The molecule has 0 aromatic heterocycles. The number of nitrogens with zero attached hydrogens (tertiary/aromatic N) is 3. The predicted molar refractivity (Wildman–Crippen MR) is 103 cm³/mol. The molecule has 5 atom stereocenters. The molecule has 0 N–H and O–H groups in total. The van der Waals surface area contributed by atoms with Gasteiger partial charge in [-0.05, 0) is 21.1 Å². The third-order valence-electron chi connectivity index (χ3n) is 4.06. The Morgan fingerprint density at radius 1 is 1.08 bits per heavy atom. The van der Waals surface area contributed by atoms with E-state index < -0.39 is 7.67 Å². The molecular formula is C14H28Br2N3O5P. The minimum absolute atomic E-state index is 0.0417. The van der Waals surface area contributed by atoms with Gasteiger partial charge in [0.05, 0.1) is 25.4 Å². The van der Waals surface area contributed by atoms with Crippen LogP contribution in [0.4, 0.5) is 0 Å². The Hall–Kier alpha value is 0.910. The summed E-state index contributed by atoms with van der Waals surface area (Å²) in [6.07, 6.45) is -0.295. The molecule has 0 radical (unpaired) electrons. The molecular weight excluding hydrogens is 481 g/mol. The van der Waals surface area contributed by atoms with Crippen LogP contribution >= 0.6 is 39.5 Å². The summed E-state index contributed by atoms with van der Waals surface area (Å²) in [5, 5.41) is -0.262. The molecule has 0 bridgehead atoms. The Labute approximate surface area is 166 Å². The van der Waals surface area contributed by atoms with Crippen LogP contribution in [0, 0.1) is 0 Å². The molecule has 0 saturated carbocycles. The second-order valence-corrected chi connectivity index (χ2v) is 11.2. The maximum absolute atomic E-state index is 13.6. The highest BCUT2D eigenvalue weighted by Gasteiger charge is 2.41. The first-order valence-electron chi connectivity index (χ1n) is 8.19. The Bertz CT molecular complexity index is 466. The predicted octanol–water partition coefficient (Wildman–Crippen LogP) is 1.79. The van der Waals surface area contributed by atoms with Gasteiger partial charge in [0, 0.05) is 33.3 Å². The van der Waals surface area contributed by atoms with Crippen molar-refractivity contribution in [3.63, 3.8) is 0 Å². The number of alkyl halides is 2. The van der Waals surface area contributed by atoms with Gasteiger partial charge in [-0.3, -0.25) is 4.57 Å². The lowest BCUT2D eigenvalue weighted by atomic mass is 10.3. The summed E-state index contributed by atoms with van der Waals surface area (Å²) in [4.78, 5) is 2.16. The molecule has 0 aromatic rings. The smallest absolute Gasteiger partial charge is 0.345 e. The van der Waals surface area contributed by atoms with Crippen LogP contribution in [0.15, 0.2) is 0 Å². The molecule has 2 saturated heterocycles. The molecule has 0 amide bonds. The third kappa shape index (κ3) is 6.20. The highest BCUT2D eigenvalue weighted by Crippen LogP contribution is 2.54. The van der Waals surface area contributed by atoms with Gasteiger partial charge in [-0.2, -0.15) is 0 Å². The van der Waals surface area contributed by atoms with E-state index in [0.717, 1.165) is 13.1 Å². The number of halogens is 2. The van der Waals surface area contributed by atoms with E-state index in [2.05, 4.69) is 36.8 Å². The van der Waals surface area contributed by atoms with E-state index in [1.807, 2.05) is 11.7 Å². The molecule has 2 heterocycles. The molecule has 2 aliphatic rings. The summed E-state index contributed by atoms with van der Waals surface area (Å²) in [5.74, 6) is 0. The number of hydrogen-bond donors (Lipinski definition) is 0. The van der Waals surface area contributed by atoms with Crippen molar-refractivity contribution in [3.05, 3.63) is 0 Å². The molecule has 0 aromatic carbocycles. The highest BCUT2D eigenvalue weighted by atomic mass is 79.9. The molecule has 2 fully saturated rings. The van der Waals surface area contributed by atoms with Crippen LogP contribution in [0.5, 0.6) is 0 Å². The first kappa shape index (κ1) is 22.2. The van der Waals surface area contributed by atoms with Crippen LogP contribution in [0.3, 0.4) is 0 Å². The number of likely N-dealkylation sites (N-methyl/N-ethyl adjacent to an activating group) is 1. The number of ether oxygens (including phenoxy) is 3. The van der Waals surface area contributed by atoms with E-state index in [-0.39, 0.29) is 28.8 Å². The molecule has 0 spiro atoms. The van der Waals surface area contributed by atoms with Gasteiger partial charge >= 0.3 is 7.67 Å². The molecule has 2 aliphatic heterocycles. The van der Waals surface area contributed by atoms with E-state index in [1.54, 1.807) is 25.9 Å². The van der Waals surface area contributed by atoms with Crippen molar-refractivity contribution in [1.82, 2.24) is 14.2 Å². The second kappa shape index (κ2) is 9.91. The zero-order chi connectivity index (χ0) is 18.6. The normalized spacial score (nSPS) is 35.0. The fourth-order valence-electron chi connectivity index (χ4n) is 2.94. The Kier molecular flexibility index (Phi) is 8.80. The third-order valence-corrected chi connectivity index (χ3v) is 7.61. The lowest BCUT2D eigenvalue weighted by Crippen LogP contribution is -2.48. The van der Waals surface area contributed by atoms with Gasteiger partial charge in [-0.25, -0.2) is 9.34 Å². The fourth-order valence-corrected chi connectivity index (χ4v) is 6.62. The molecule has 25 heavy (non-hydrogen) atoms. The van der Waals surface area contributed by atoms with Crippen molar-refractivity contribution < 1.29 is 23.3 Å². The molecule has 11 heteroatoms.